The van der Waals surface area contributed by atoms with Crippen LogP contribution in [0.25, 0.3) is 33.4 Å². The van der Waals surface area contributed by atoms with Crippen LogP contribution >= 0.6 is 0 Å². The topological polar surface area (TPSA) is 29.7 Å². The smallest absolute Gasteiger partial charge is 0.213 e. The molecule has 0 aliphatic rings. The number of para-hydroxylation sites is 1. The lowest BCUT2D eigenvalue weighted by atomic mass is 9.95. The third-order valence-corrected chi connectivity index (χ3v) is 5.88. The highest BCUT2D eigenvalue weighted by atomic mass is 14.9. The van der Waals surface area contributed by atoms with Crippen molar-refractivity contribution in [3.8, 4) is 22.5 Å². The summed E-state index contributed by atoms with van der Waals surface area (Å²) < 4.78 is 2.29. The Bertz CT molecular complexity index is 1220. The maximum absolute atomic E-state index is 4.80. The van der Waals surface area contributed by atoms with Gasteiger partial charge in [0.25, 0.3) is 0 Å². The summed E-state index contributed by atoms with van der Waals surface area (Å²) in [5.41, 5.74) is 10.7. The zero-order valence-corrected chi connectivity index (χ0v) is 18.8. The molecular formula is C27H30N3+. The van der Waals surface area contributed by atoms with Crippen LogP contribution < -0.4 is 4.57 Å². The second kappa shape index (κ2) is 7.98. The molecule has 0 spiro atoms. The Labute approximate surface area is 179 Å². The molecule has 0 unspecified atom stereocenters. The third-order valence-electron chi connectivity index (χ3n) is 5.88. The second-order valence-electron chi connectivity index (χ2n) is 8.76. The molecule has 3 heteroatoms. The minimum atomic E-state index is 0.570. The van der Waals surface area contributed by atoms with E-state index in [9.17, 15) is 0 Å². The molecule has 0 N–H and O–H groups in total. The number of hydrogen-bond acceptors (Lipinski definition) is 2. The van der Waals surface area contributed by atoms with E-state index in [1.807, 2.05) is 12.4 Å². The number of aromatic nitrogens is 3. The van der Waals surface area contributed by atoms with Crippen molar-refractivity contribution in [1.82, 2.24) is 9.97 Å². The first-order valence-corrected chi connectivity index (χ1v) is 10.7. The van der Waals surface area contributed by atoms with E-state index in [4.69, 9.17) is 9.97 Å². The summed E-state index contributed by atoms with van der Waals surface area (Å²) in [5.74, 6) is 0.570. The van der Waals surface area contributed by atoms with Crippen LogP contribution in [0.4, 0.5) is 0 Å². The minimum Gasteiger partial charge on any atom is -0.257 e. The highest BCUT2D eigenvalue weighted by Gasteiger charge is 2.21. The number of aryl methyl sites for hydroxylation is 3. The van der Waals surface area contributed by atoms with Gasteiger partial charge in [-0.05, 0) is 56.4 Å². The molecule has 0 saturated carbocycles. The van der Waals surface area contributed by atoms with E-state index in [1.165, 1.54) is 38.9 Å². The first-order chi connectivity index (χ1) is 14.3. The zero-order chi connectivity index (χ0) is 21.4. The van der Waals surface area contributed by atoms with E-state index in [-0.39, 0.29) is 0 Å². The summed E-state index contributed by atoms with van der Waals surface area (Å²) in [4.78, 5) is 9.51. The summed E-state index contributed by atoms with van der Waals surface area (Å²) in [6, 6.07) is 15.4. The van der Waals surface area contributed by atoms with Crippen LogP contribution in [0.15, 0.2) is 54.9 Å². The summed E-state index contributed by atoms with van der Waals surface area (Å²) in [6.07, 6.45) is 4.81. The largest absolute Gasteiger partial charge is 0.257 e. The first-order valence-electron chi connectivity index (χ1n) is 10.7. The number of nitrogens with zero attached hydrogens (tertiary/aromatic N) is 3. The lowest BCUT2D eigenvalue weighted by molar-refractivity contribution is -0.633. The lowest BCUT2D eigenvalue weighted by Crippen LogP contribution is -2.32. The van der Waals surface area contributed by atoms with E-state index in [0.29, 0.717) is 5.92 Å². The number of benzene rings is 2. The van der Waals surface area contributed by atoms with Gasteiger partial charge < -0.3 is 0 Å². The van der Waals surface area contributed by atoms with Crippen LogP contribution in [-0.4, -0.2) is 9.97 Å². The van der Waals surface area contributed by atoms with Crippen molar-refractivity contribution in [3.63, 3.8) is 0 Å². The van der Waals surface area contributed by atoms with Crippen molar-refractivity contribution in [2.45, 2.75) is 41.0 Å². The van der Waals surface area contributed by atoms with Crippen molar-refractivity contribution in [1.29, 1.82) is 0 Å². The molecule has 0 radical (unpaired) electrons. The van der Waals surface area contributed by atoms with Gasteiger partial charge in [-0.15, -0.1) is 0 Å². The van der Waals surface area contributed by atoms with Crippen LogP contribution in [-0.2, 0) is 13.5 Å². The molecule has 2 heterocycles. The molecule has 4 rings (SSSR count). The maximum atomic E-state index is 4.80. The predicted octanol–water partition coefficient (Wildman–Crippen LogP) is 5.91. The Kier molecular flexibility index (Phi) is 5.38. The fraction of sp³-hybridized carbons (Fsp3) is 0.296. The normalized spacial score (nSPS) is 11.4. The van der Waals surface area contributed by atoms with Gasteiger partial charge in [0.15, 0.2) is 0 Å². The number of hydrogen-bond donors (Lipinski definition) is 0. The molecule has 30 heavy (non-hydrogen) atoms. The molecule has 0 atom stereocenters. The second-order valence-corrected chi connectivity index (χ2v) is 8.76. The highest BCUT2D eigenvalue weighted by molar-refractivity contribution is 5.93. The Morgan fingerprint density at radius 2 is 1.67 bits per heavy atom. The number of rotatable bonds is 4. The standard InChI is InChI=1S/C27H30N3/c1-17(2)11-21-15-29-25(16-28-21)24-14-27(23-13-18(3)12-19(4)20(23)5)30(6)26-10-8-7-9-22(24)26/h7-10,12-17H,11H2,1-6H3/q+1. The van der Waals surface area contributed by atoms with Crippen LogP contribution in [0.3, 0.4) is 0 Å². The molecule has 0 fully saturated rings. The average Bonchev–Trinajstić information content (AvgIpc) is 2.72. The van der Waals surface area contributed by atoms with Crippen LogP contribution in [0.1, 0.15) is 36.2 Å². The SMILES string of the molecule is Cc1cc(C)c(C)c(-c2cc(-c3cnc(CC(C)C)cn3)c3ccccc3[n+]2C)c1. The Morgan fingerprint density at radius 3 is 2.37 bits per heavy atom. The van der Waals surface area contributed by atoms with Gasteiger partial charge >= 0.3 is 0 Å². The molecule has 2 aromatic carbocycles. The van der Waals surface area contributed by atoms with Gasteiger partial charge in [-0.1, -0.05) is 37.6 Å². The van der Waals surface area contributed by atoms with Crippen molar-refractivity contribution < 1.29 is 4.57 Å². The highest BCUT2D eigenvalue weighted by Crippen LogP contribution is 2.32. The van der Waals surface area contributed by atoms with Gasteiger partial charge in [0.05, 0.1) is 23.0 Å². The van der Waals surface area contributed by atoms with E-state index < -0.39 is 0 Å². The van der Waals surface area contributed by atoms with Crippen molar-refractivity contribution >= 4 is 10.9 Å². The van der Waals surface area contributed by atoms with Crippen molar-refractivity contribution in [2.24, 2.45) is 13.0 Å². The fourth-order valence-electron chi connectivity index (χ4n) is 4.23. The van der Waals surface area contributed by atoms with Gasteiger partial charge in [0.1, 0.15) is 7.05 Å². The van der Waals surface area contributed by atoms with E-state index in [1.54, 1.807) is 0 Å². The first kappa shape index (κ1) is 20.2. The summed E-state index contributed by atoms with van der Waals surface area (Å²) in [7, 11) is 2.15. The fourth-order valence-corrected chi connectivity index (χ4v) is 4.23. The van der Waals surface area contributed by atoms with Gasteiger partial charge in [-0.3, -0.25) is 9.97 Å². The van der Waals surface area contributed by atoms with Crippen LogP contribution in [0, 0.1) is 26.7 Å². The summed E-state index contributed by atoms with van der Waals surface area (Å²) >= 11 is 0. The predicted molar refractivity (Wildman–Crippen MR) is 124 cm³/mol. The Balaban J connectivity index is 1.96. The molecule has 0 saturated heterocycles. The molecule has 2 aromatic heterocycles. The molecule has 152 valence electrons. The summed E-state index contributed by atoms with van der Waals surface area (Å²) in [5, 5.41) is 1.19. The van der Waals surface area contributed by atoms with Gasteiger partial charge in [-0.2, -0.15) is 4.57 Å². The molecule has 0 aliphatic heterocycles. The molecule has 0 bridgehead atoms. The molecular weight excluding hydrogens is 366 g/mol. The molecule has 4 aromatic rings. The molecule has 3 nitrogen and oxygen atoms in total. The Hall–Kier alpha value is -3.07. The maximum Gasteiger partial charge on any atom is 0.213 e. The zero-order valence-electron chi connectivity index (χ0n) is 18.8. The van der Waals surface area contributed by atoms with Gasteiger partial charge in [-0.25, -0.2) is 0 Å². The van der Waals surface area contributed by atoms with Crippen molar-refractivity contribution in [3.05, 3.63) is 77.2 Å². The monoisotopic (exact) mass is 396 g/mol. The van der Waals surface area contributed by atoms with Gasteiger partial charge in [0, 0.05) is 29.5 Å². The van der Waals surface area contributed by atoms with E-state index in [0.717, 1.165) is 23.4 Å². The van der Waals surface area contributed by atoms with Crippen LogP contribution in [0.5, 0.6) is 0 Å². The van der Waals surface area contributed by atoms with E-state index in [2.05, 4.69) is 88.7 Å². The van der Waals surface area contributed by atoms with E-state index >= 15 is 0 Å². The number of pyridine rings is 1. The quantitative estimate of drug-likeness (QED) is 0.401. The third kappa shape index (κ3) is 3.72. The number of fused-ring (bicyclic) bond motifs is 1. The van der Waals surface area contributed by atoms with Crippen molar-refractivity contribution in [2.75, 3.05) is 0 Å². The Morgan fingerprint density at radius 1 is 0.900 bits per heavy atom. The van der Waals surface area contributed by atoms with Crippen LogP contribution in [0.2, 0.25) is 0 Å². The van der Waals surface area contributed by atoms with Gasteiger partial charge in [0.2, 0.25) is 11.2 Å². The summed E-state index contributed by atoms with van der Waals surface area (Å²) in [6.45, 7) is 11.0. The minimum absolute atomic E-state index is 0.570. The average molecular weight is 397 g/mol. The lowest BCUT2D eigenvalue weighted by Gasteiger charge is -2.13. The molecule has 0 aliphatic carbocycles. The molecule has 0 amide bonds.